The number of aromatic hydroxyl groups is 2. The summed E-state index contributed by atoms with van der Waals surface area (Å²) in [6.07, 6.45) is -5.78. The lowest BCUT2D eigenvalue weighted by molar-refractivity contribution is -0.277. The smallest absolute Gasteiger partial charge is 0.229 e. The Kier molecular flexibility index (Phi) is 6.38. The molecule has 2 aromatic rings. The molecule has 1 fully saturated rings. The first-order valence-corrected chi connectivity index (χ1v) is 8.96. The second-order valence-corrected chi connectivity index (χ2v) is 6.77. The van der Waals surface area contributed by atoms with E-state index in [2.05, 4.69) is 0 Å². The van der Waals surface area contributed by atoms with Gasteiger partial charge in [0.2, 0.25) is 6.29 Å². The van der Waals surface area contributed by atoms with E-state index in [-0.39, 0.29) is 11.5 Å². The lowest BCUT2D eigenvalue weighted by Crippen LogP contribution is -2.60. The highest BCUT2D eigenvalue weighted by Crippen LogP contribution is 2.29. The van der Waals surface area contributed by atoms with E-state index in [0.717, 1.165) is 5.56 Å². The fourth-order valence-electron chi connectivity index (χ4n) is 3.11. The van der Waals surface area contributed by atoms with Gasteiger partial charge in [-0.1, -0.05) is 12.1 Å². The van der Waals surface area contributed by atoms with Crippen molar-refractivity contribution in [1.82, 2.24) is 0 Å². The van der Waals surface area contributed by atoms with Crippen LogP contribution in [0.2, 0.25) is 0 Å². The van der Waals surface area contributed by atoms with Crippen LogP contribution in [0.1, 0.15) is 11.1 Å². The van der Waals surface area contributed by atoms with Gasteiger partial charge in [-0.15, -0.1) is 0 Å². The van der Waals surface area contributed by atoms with Gasteiger partial charge in [0.15, 0.2) is 0 Å². The van der Waals surface area contributed by atoms with Crippen LogP contribution < -0.4 is 4.74 Å². The minimum atomic E-state index is -1.53. The van der Waals surface area contributed by atoms with Crippen molar-refractivity contribution in [1.29, 1.82) is 0 Å². The number of phenols is 2. The molecule has 0 spiro atoms. The van der Waals surface area contributed by atoms with E-state index >= 15 is 0 Å². The number of hydrogen-bond acceptors (Lipinski definition) is 8. The van der Waals surface area contributed by atoms with E-state index in [0.29, 0.717) is 24.2 Å². The molecule has 0 bridgehead atoms. The summed E-state index contributed by atoms with van der Waals surface area (Å²) in [6, 6.07) is 11.2. The number of aryl methyl sites for hydroxylation is 2. The second kappa shape index (κ2) is 8.76. The molecule has 28 heavy (non-hydrogen) atoms. The van der Waals surface area contributed by atoms with Crippen molar-refractivity contribution >= 4 is 0 Å². The summed E-state index contributed by atoms with van der Waals surface area (Å²) in [5, 5.41) is 58.4. The summed E-state index contributed by atoms with van der Waals surface area (Å²) in [5.74, 6) is 0.551. The fraction of sp³-hybridized carbons (Fsp3) is 0.400. The maximum absolute atomic E-state index is 10.1. The minimum Gasteiger partial charge on any atom is -0.508 e. The summed E-state index contributed by atoms with van der Waals surface area (Å²) >= 11 is 0. The highest BCUT2D eigenvalue weighted by molar-refractivity contribution is 5.40. The van der Waals surface area contributed by atoms with Gasteiger partial charge in [-0.05, 0) is 54.3 Å². The van der Waals surface area contributed by atoms with Gasteiger partial charge >= 0.3 is 0 Å². The number of rotatable bonds is 6. The number of aliphatic hydroxyl groups excluding tert-OH is 4. The summed E-state index contributed by atoms with van der Waals surface area (Å²) in [5.41, 5.74) is 1.62. The normalized spacial score (nSPS) is 27.5. The lowest BCUT2D eigenvalue weighted by Gasteiger charge is -2.39. The average molecular weight is 392 g/mol. The number of hydrogen-bond donors (Lipinski definition) is 6. The molecule has 0 radical (unpaired) electrons. The van der Waals surface area contributed by atoms with Crippen molar-refractivity contribution in [3.8, 4) is 17.2 Å². The van der Waals surface area contributed by atoms with E-state index in [4.69, 9.17) is 9.47 Å². The first kappa shape index (κ1) is 20.4. The molecule has 0 saturated carbocycles. The lowest BCUT2D eigenvalue weighted by atomic mass is 9.99. The van der Waals surface area contributed by atoms with Gasteiger partial charge in [0.1, 0.15) is 41.7 Å². The Balaban J connectivity index is 1.75. The summed E-state index contributed by atoms with van der Waals surface area (Å²) < 4.78 is 11.1. The van der Waals surface area contributed by atoms with E-state index in [1.54, 1.807) is 24.3 Å². The molecule has 1 aliphatic rings. The van der Waals surface area contributed by atoms with Crippen LogP contribution in [0.3, 0.4) is 0 Å². The van der Waals surface area contributed by atoms with Crippen LogP contribution in [0.25, 0.3) is 0 Å². The minimum absolute atomic E-state index is 0.0434. The molecule has 0 aromatic heterocycles. The molecule has 8 heteroatoms. The maximum atomic E-state index is 10.1. The molecule has 8 nitrogen and oxygen atoms in total. The van der Waals surface area contributed by atoms with E-state index in [1.807, 2.05) is 0 Å². The Morgan fingerprint density at radius 1 is 0.821 bits per heavy atom. The van der Waals surface area contributed by atoms with Crippen molar-refractivity contribution in [2.24, 2.45) is 0 Å². The van der Waals surface area contributed by atoms with E-state index in [1.165, 1.54) is 18.2 Å². The molecule has 152 valence electrons. The Morgan fingerprint density at radius 3 is 2.18 bits per heavy atom. The number of aliphatic hydroxyl groups is 4. The van der Waals surface area contributed by atoms with E-state index < -0.39 is 37.3 Å². The molecule has 3 rings (SSSR count). The van der Waals surface area contributed by atoms with E-state index in [9.17, 15) is 30.6 Å². The van der Waals surface area contributed by atoms with Gasteiger partial charge in [0.25, 0.3) is 0 Å². The van der Waals surface area contributed by atoms with Crippen molar-refractivity contribution in [3.63, 3.8) is 0 Å². The molecular weight excluding hydrogens is 368 g/mol. The molecule has 1 aliphatic heterocycles. The zero-order valence-corrected chi connectivity index (χ0v) is 15.0. The molecule has 0 amide bonds. The van der Waals surface area contributed by atoms with Gasteiger partial charge in [-0.3, -0.25) is 0 Å². The zero-order chi connectivity index (χ0) is 20.3. The SMILES string of the molecule is OC[C@H]1O[C@@H](Oc2ccc(O)cc2CCc2ccc(O)cc2)[C@H](O)[C@@H](O)[C@@H]1O. The van der Waals surface area contributed by atoms with Crippen molar-refractivity contribution in [2.75, 3.05) is 6.61 Å². The molecule has 0 unspecified atom stereocenters. The Labute approximate surface area is 161 Å². The zero-order valence-electron chi connectivity index (χ0n) is 15.0. The van der Waals surface area contributed by atoms with Crippen LogP contribution in [0.5, 0.6) is 17.2 Å². The third-order valence-corrected chi connectivity index (χ3v) is 4.75. The molecule has 6 N–H and O–H groups in total. The van der Waals surface area contributed by atoms with Crippen LogP contribution in [0, 0.1) is 0 Å². The molecule has 1 saturated heterocycles. The number of ether oxygens (including phenoxy) is 2. The average Bonchev–Trinajstić information content (AvgIpc) is 2.69. The Bertz CT molecular complexity index is 776. The highest BCUT2D eigenvalue weighted by atomic mass is 16.7. The molecule has 1 heterocycles. The van der Waals surface area contributed by atoms with Gasteiger partial charge in [0, 0.05) is 0 Å². The monoisotopic (exact) mass is 392 g/mol. The first-order valence-electron chi connectivity index (χ1n) is 8.96. The van der Waals surface area contributed by atoms with Crippen LogP contribution in [-0.2, 0) is 17.6 Å². The van der Waals surface area contributed by atoms with Crippen LogP contribution >= 0.6 is 0 Å². The topological polar surface area (TPSA) is 140 Å². The molecule has 5 atom stereocenters. The number of benzene rings is 2. The quantitative estimate of drug-likeness (QED) is 0.406. The summed E-state index contributed by atoms with van der Waals surface area (Å²) in [7, 11) is 0. The van der Waals surface area contributed by atoms with Gasteiger partial charge in [-0.25, -0.2) is 0 Å². The van der Waals surface area contributed by atoms with Crippen molar-refractivity contribution in [3.05, 3.63) is 53.6 Å². The fourth-order valence-corrected chi connectivity index (χ4v) is 3.11. The van der Waals surface area contributed by atoms with Gasteiger partial charge < -0.3 is 40.1 Å². The first-order chi connectivity index (χ1) is 13.4. The van der Waals surface area contributed by atoms with Crippen LogP contribution in [0.15, 0.2) is 42.5 Å². The summed E-state index contributed by atoms with van der Waals surface area (Å²) in [6.45, 7) is -0.548. The Hall–Kier alpha value is -2.36. The second-order valence-electron chi connectivity index (χ2n) is 6.77. The predicted octanol–water partition coefficient (Wildman–Crippen LogP) is 0.0617. The number of phenolic OH excluding ortho intramolecular Hbond substituents is 2. The van der Waals surface area contributed by atoms with Crippen molar-refractivity contribution < 1.29 is 40.1 Å². The standard InChI is InChI=1S/C20H24O8/c21-10-16-17(24)18(25)19(26)20(28-16)27-15-8-7-14(23)9-12(15)4-1-11-2-5-13(22)6-3-11/h2-3,5-9,16-26H,1,4,10H2/t16-,17-,18+,19-,20-/m1/s1. The van der Waals surface area contributed by atoms with Crippen molar-refractivity contribution in [2.45, 2.75) is 43.5 Å². The third kappa shape index (κ3) is 4.54. The largest absolute Gasteiger partial charge is 0.508 e. The Morgan fingerprint density at radius 2 is 1.50 bits per heavy atom. The molecule has 0 aliphatic carbocycles. The molecule has 2 aromatic carbocycles. The van der Waals surface area contributed by atoms with Crippen LogP contribution in [0.4, 0.5) is 0 Å². The van der Waals surface area contributed by atoms with Gasteiger partial charge in [0.05, 0.1) is 6.61 Å². The van der Waals surface area contributed by atoms with Gasteiger partial charge in [-0.2, -0.15) is 0 Å². The molecular formula is C20H24O8. The van der Waals surface area contributed by atoms with Crippen LogP contribution in [-0.4, -0.2) is 68.0 Å². The maximum Gasteiger partial charge on any atom is 0.229 e. The third-order valence-electron chi connectivity index (χ3n) is 4.75. The summed E-state index contributed by atoms with van der Waals surface area (Å²) in [4.78, 5) is 0. The predicted molar refractivity (Wildman–Crippen MR) is 98.0 cm³/mol. The highest BCUT2D eigenvalue weighted by Gasteiger charge is 2.44.